The highest BCUT2D eigenvalue weighted by Gasteiger charge is 2.23. The van der Waals surface area contributed by atoms with E-state index in [0.29, 0.717) is 0 Å². The molecule has 1 amide bonds. The number of halogens is 1. The van der Waals surface area contributed by atoms with Gasteiger partial charge in [-0.2, -0.15) is 0 Å². The van der Waals surface area contributed by atoms with E-state index in [9.17, 15) is 4.79 Å². The Bertz CT molecular complexity index is 541. The van der Waals surface area contributed by atoms with E-state index in [0.717, 1.165) is 37.0 Å². The summed E-state index contributed by atoms with van der Waals surface area (Å²) in [4.78, 5) is 25.5. The summed E-state index contributed by atoms with van der Waals surface area (Å²) in [5, 5.41) is 1.93. The number of amides is 1. The zero-order valence-electron chi connectivity index (χ0n) is 10.8. The molecule has 3 heterocycles. The van der Waals surface area contributed by atoms with Crippen LogP contribution in [0.4, 0.5) is 5.95 Å². The third-order valence-electron chi connectivity index (χ3n) is 3.13. The van der Waals surface area contributed by atoms with E-state index in [-0.39, 0.29) is 18.3 Å². The molecular formula is C13H15ClN4OS. The number of hydrogen-bond donors (Lipinski definition) is 0. The van der Waals surface area contributed by atoms with Gasteiger partial charge in [-0.3, -0.25) is 4.79 Å². The zero-order valence-corrected chi connectivity index (χ0v) is 12.4. The summed E-state index contributed by atoms with van der Waals surface area (Å²) in [6, 6.07) is 5.59. The molecule has 1 aliphatic rings. The molecule has 20 heavy (non-hydrogen) atoms. The van der Waals surface area contributed by atoms with Gasteiger partial charge in [0.15, 0.2) is 0 Å². The summed E-state index contributed by atoms with van der Waals surface area (Å²) >= 11 is 1.49. The minimum Gasteiger partial charge on any atom is -0.337 e. The highest BCUT2D eigenvalue weighted by atomic mass is 35.5. The smallest absolute Gasteiger partial charge is 0.264 e. The van der Waals surface area contributed by atoms with Crippen molar-refractivity contribution in [2.24, 2.45) is 0 Å². The Kier molecular flexibility index (Phi) is 4.92. The fourth-order valence-corrected chi connectivity index (χ4v) is 2.81. The van der Waals surface area contributed by atoms with Crippen molar-refractivity contribution in [2.45, 2.75) is 0 Å². The average molecular weight is 311 g/mol. The number of piperazine rings is 1. The topological polar surface area (TPSA) is 49.3 Å². The minimum absolute atomic E-state index is 0. The van der Waals surface area contributed by atoms with Gasteiger partial charge in [0.1, 0.15) is 0 Å². The van der Waals surface area contributed by atoms with E-state index >= 15 is 0 Å². The molecule has 1 saturated heterocycles. The fraction of sp³-hybridized carbons (Fsp3) is 0.308. The molecule has 0 N–H and O–H groups in total. The number of thiophene rings is 1. The predicted molar refractivity (Wildman–Crippen MR) is 81.7 cm³/mol. The van der Waals surface area contributed by atoms with Gasteiger partial charge in [0.25, 0.3) is 5.91 Å². The molecule has 0 unspecified atom stereocenters. The maximum Gasteiger partial charge on any atom is 0.264 e. The second-order valence-electron chi connectivity index (χ2n) is 4.31. The molecule has 1 aliphatic heterocycles. The van der Waals surface area contributed by atoms with Crippen LogP contribution in [0.1, 0.15) is 9.67 Å². The molecule has 0 radical (unpaired) electrons. The maximum absolute atomic E-state index is 12.2. The van der Waals surface area contributed by atoms with Gasteiger partial charge < -0.3 is 9.80 Å². The van der Waals surface area contributed by atoms with E-state index in [1.165, 1.54) is 11.3 Å². The van der Waals surface area contributed by atoms with Crippen molar-refractivity contribution < 1.29 is 4.79 Å². The van der Waals surface area contributed by atoms with Crippen LogP contribution in [0.15, 0.2) is 36.0 Å². The standard InChI is InChI=1S/C13H14N4OS.ClH/c18-12(11-3-1-10-19-11)16-6-8-17(9-7-16)13-14-4-2-5-15-13;/h1-5,10H,6-9H2;1H. The van der Waals surface area contributed by atoms with Crippen LogP contribution < -0.4 is 4.90 Å². The Morgan fingerprint density at radius 1 is 1.10 bits per heavy atom. The van der Waals surface area contributed by atoms with Gasteiger partial charge in [-0.15, -0.1) is 23.7 Å². The van der Waals surface area contributed by atoms with Crippen molar-refractivity contribution >= 4 is 35.6 Å². The monoisotopic (exact) mass is 310 g/mol. The lowest BCUT2D eigenvalue weighted by Gasteiger charge is -2.34. The second kappa shape index (κ2) is 6.67. The molecule has 0 bridgehead atoms. The summed E-state index contributed by atoms with van der Waals surface area (Å²) in [5.74, 6) is 0.870. The lowest BCUT2D eigenvalue weighted by Crippen LogP contribution is -2.49. The lowest BCUT2D eigenvalue weighted by molar-refractivity contribution is 0.0751. The molecular weight excluding hydrogens is 296 g/mol. The Morgan fingerprint density at radius 2 is 1.80 bits per heavy atom. The van der Waals surface area contributed by atoms with Crippen molar-refractivity contribution in [3.8, 4) is 0 Å². The third kappa shape index (κ3) is 3.08. The summed E-state index contributed by atoms with van der Waals surface area (Å²) < 4.78 is 0. The highest BCUT2D eigenvalue weighted by molar-refractivity contribution is 7.12. The molecule has 2 aromatic rings. The first-order chi connectivity index (χ1) is 9.34. The van der Waals surface area contributed by atoms with Crippen LogP contribution >= 0.6 is 23.7 Å². The number of carbonyl (C=O) groups excluding carboxylic acids is 1. The Hall–Kier alpha value is -1.66. The SMILES string of the molecule is Cl.O=C(c1cccs1)N1CCN(c2ncccn2)CC1. The average Bonchev–Trinajstić information content (AvgIpc) is 3.02. The van der Waals surface area contributed by atoms with Gasteiger partial charge in [0.05, 0.1) is 4.88 Å². The number of aromatic nitrogens is 2. The van der Waals surface area contributed by atoms with Gasteiger partial charge in [-0.05, 0) is 17.5 Å². The fourth-order valence-electron chi connectivity index (χ4n) is 2.12. The summed E-state index contributed by atoms with van der Waals surface area (Å²) in [6.45, 7) is 2.99. The largest absolute Gasteiger partial charge is 0.337 e. The molecule has 7 heteroatoms. The summed E-state index contributed by atoms with van der Waals surface area (Å²) in [6.07, 6.45) is 3.48. The van der Waals surface area contributed by atoms with Crippen molar-refractivity contribution in [1.29, 1.82) is 0 Å². The molecule has 2 aromatic heterocycles. The van der Waals surface area contributed by atoms with Crippen molar-refractivity contribution in [3.63, 3.8) is 0 Å². The van der Waals surface area contributed by atoms with Crippen molar-refractivity contribution in [2.75, 3.05) is 31.1 Å². The van der Waals surface area contributed by atoms with Crippen LogP contribution in [0.3, 0.4) is 0 Å². The van der Waals surface area contributed by atoms with Gasteiger partial charge in [0, 0.05) is 38.6 Å². The second-order valence-corrected chi connectivity index (χ2v) is 5.25. The number of hydrogen-bond acceptors (Lipinski definition) is 5. The molecule has 0 spiro atoms. The van der Waals surface area contributed by atoms with E-state index in [4.69, 9.17) is 0 Å². The Balaban J connectivity index is 0.00000147. The van der Waals surface area contributed by atoms with Gasteiger partial charge in [-0.1, -0.05) is 6.07 Å². The number of nitrogens with zero attached hydrogens (tertiary/aromatic N) is 4. The molecule has 0 atom stereocenters. The summed E-state index contributed by atoms with van der Waals surface area (Å²) in [5.41, 5.74) is 0. The number of rotatable bonds is 2. The van der Waals surface area contributed by atoms with Crippen LogP contribution in [-0.2, 0) is 0 Å². The molecule has 0 saturated carbocycles. The lowest BCUT2D eigenvalue weighted by atomic mass is 10.3. The van der Waals surface area contributed by atoms with Crippen molar-refractivity contribution in [1.82, 2.24) is 14.9 Å². The molecule has 1 fully saturated rings. The molecule has 106 valence electrons. The zero-order chi connectivity index (χ0) is 13.1. The summed E-state index contributed by atoms with van der Waals surface area (Å²) in [7, 11) is 0. The van der Waals surface area contributed by atoms with Crippen LogP contribution in [-0.4, -0.2) is 47.0 Å². The van der Waals surface area contributed by atoms with Crippen LogP contribution in [0, 0.1) is 0 Å². The Labute approximate surface area is 127 Å². The first-order valence-corrected chi connectivity index (χ1v) is 7.07. The van der Waals surface area contributed by atoms with Gasteiger partial charge in [0.2, 0.25) is 5.95 Å². The van der Waals surface area contributed by atoms with Crippen LogP contribution in [0.5, 0.6) is 0 Å². The van der Waals surface area contributed by atoms with E-state index in [1.807, 2.05) is 22.4 Å². The third-order valence-corrected chi connectivity index (χ3v) is 3.99. The van der Waals surface area contributed by atoms with E-state index in [2.05, 4.69) is 14.9 Å². The molecule has 3 rings (SSSR count). The quantitative estimate of drug-likeness (QED) is 0.850. The maximum atomic E-state index is 12.2. The minimum atomic E-state index is 0. The molecule has 0 aliphatic carbocycles. The predicted octanol–water partition coefficient (Wildman–Crippen LogP) is 1.92. The van der Waals surface area contributed by atoms with Crippen LogP contribution in [0.2, 0.25) is 0 Å². The first-order valence-electron chi connectivity index (χ1n) is 6.19. The Morgan fingerprint density at radius 3 is 2.40 bits per heavy atom. The molecule has 0 aromatic carbocycles. The van der Waals surface area contributed by atoms with E-state index in [1.54, 1.807) is 18.5 Å². The van der Waals surface area contributed by atoms with E-state index < -0.39 is 0 Å². The molecule has 5 nitrogen and oxygen atoms in total. The number of anilines is 1. The van der Waals surface area contributed by atoms with Crippen LogP contribution in [0.25, 0.3) is 0 Å². The normalized spacial score (nSPS) is 14.8. The van der Waals surface area contributed by atoms with Gasteiger partial charge in [-0.25, -0.2) is 9.97 Å². The number of carbonyl (C=O) groups is 1. The van der Waals surface area contributed by atoms with Gasteiger partial charge >= 0.3 is 0 Å². The first kappa shape index (κ1) is 14.7. The highest BCUT2D eigenvalue weighted by Crippen LogP contribution is 2.15. The van der Waals surface area contributed by atoms with Crippen molar-refractivity contribution in [3.05, 3.63) is 40.8 Å².